The molecule has 0 saturated carbocycles. The number of carbonyl (C=O) groups is 1. The molecule has 16 heavy (non-hydrogen) atoms. The van der Waals surface area contributed by atoms with Crippen molar-refractivity contribution in [2.24, 2.45) is 0 Å². The zero-order valence-electron chi connectivity index (χ0n) is 9.97. The van der Waals surface area contributed by atoms with Crippen LogP contribution in [0.3, 0.4) is 0 Å². The molecule has 1 aromatic carbocycles. The largest absolute Gasteiger partial charge is 0.465 e. The predicted octanol–water partition coefficient (Wildman–Crippen LogP) is 1.96. The van der Waals surface area contributed by atoms with Crippen LogP contribution >= 0.6 is 0 Å². The van der Waals surface area contributed by atoms with Gasteiger partial charge in [0.1, 0.15) is 0 Å². The molecule has 2 N–H and O–H groups in total. The summed E-state index contributed by atoms with van der Waals surface area (Å²) in [6, 6.07) is 0. The molecule has 0 aromatic heterocycles. The fourth-order valence-electron chi connectivity index (χ4n) is 1.86. The molecule has 0 saturated heterocycles. The number of anilines is 1. The summed E-state index contributed by atoms with van der Waals surface area (Å²) < 4.78 is 4.73. The van der Waals surface area contributed by atoms with E-state index < -0.39 is 5.97 Å². The number of rotatable bonds is 1. The number of esters is 1. The highest BCUT2D eigenvalue weighted by Gasteiger charge is 2.19. The molecule has 0 aliphatic rings. The highest BCUT2D eigenvalue weighted by molar-refractivity contribution is 5.95. The predicted molar refractivity (Wildman–Crippen MR) is 64.3 cm³/mol. The molecular weight excluding hydrogens is 202 g/mol. The Balaban J connectivity index is 3.70. The van der Waals surface area contributed by atoms with E-state index in [1.165, 1.54) is 7.11 Å². The zero-order chi connectivity index (χ0) is 12.5. The SMILES string of the molecule is C#Cc1c(C)c(N)c(C)c(C(=O)OC)c1C. The number of terminal acetylenes is 1. The molecule has 0 heterocycles. The minimum Gasteiger partial charge on any atom is -0.465 e. The molecule has 1 rings (SSSR count). The summed E-state index contributed by atoms with van der Waals surface area (Å²) >= 11 is 0. The van der Waals surface area contributed by atoms with E-state index >= 15 is 0 Å². The Kier molecular flexibility index (Phi) is 3.24. The van der Waals surface area contributed by atoms with Gasteiger partial charge >= 0.3 is 5.97 Å². The van der Waals surface area contributed by atoms with Crippen LogP contribution in [0.25, 0.3) is 0 Å². The first kappa shape index (κ1) is 12.1. The van der Waals surface area contributed by atoms with Crippen LogP contribution in [0.5, 0.6) is 0 Å². The smallest absolute Gasteiger partial charge is 0.338 e. The van der Waals surface area contributed by atoms with Crippen molar-refractivity contribution in [3.63, 3.8) is 0 Å². The van der Waals surface area contributed by atoms with Crippen LogP contribution in [0.2, 0.25) is 0 Å². The number of nitrogens with two attached hydrogens (primary N) is 1. The molecular formula is C13H15NO2. The molecule has 0 aliphatic heterocycles. The molecule has 0 bridgehead atoms. The van der Waals surface area contributed by atoms with Crippen LogP contribution < -0.4 is 5.73 Å². The second-order valence-corrected chi connectivity index (χ2v) is 3.67. The number of carbonyl (C=O) groups excluding carboxylic acids is 1. The maximum absolute atomic E-state index is 11.6. The van der Waals surface area contributed by atoms with Crippen molar-refractivity contribution in [1.29, 1.82) is 0 Å². The van der Waals surface area contributed by atoms with Crippen molar-refractivity contribution in [2.45, 2.75) is 20.8 Å². The lowest BCUT2D eigenvalue weighted by atomic mass is 9.92. The summed E-state index contributed by atoms with van der Waals surface area (Å²) in [5, 5.41) is 0. The molecule has 0 amide bonds. The summed E-state index contributed by atoms with van der Waals surface area (Å²) in [6.45, 7) is 5.45. The van der Waals surface area contributed by atoms with Gasteiger partial charge in [-0.05, 0) is 37.5 Å². The Morgan fingerprint density at radius 3 is 2.25 bits per heavy atom. The van der Waals surface area contributed by atoms with Gasteiger partial charge in [-0.3, -0.25) is 0 Å². The maximum atomic E-state index is 11.6. The van der Waals surface area contributed by atoms with Crippen molar-refractivity contribution in [3.05, 3.63) is 27.8 Å². The fraction of sp³-hybridized carbons (Fsp3) is 0.308. The Bertz CT molecular complexity index is 496. The third kappa shape index (κ3) is 1.63. The lowest BCUT2D eigenvalue weighted by molar-refractivity contribution is 0.0599. The van der Waals surface area contributed by atoms with Crippen molar-refractivity contribution < 1.29 is 9.53 Å². The first-order chi connectivity index (χ1) is 7.45. The molecule has 0 aliphatic carbocycles. The minimum absolute atomic E-state index is 0.404. The lowest BCUT2D eigenvalue weighted by Gasteiger charge is -2.15. The van der Waals surface area contributed by atoms with E-state index in [0.717, 1.165) is 16.7 Å². The quantitative estimate of drug-likeness (QED) is 0.444. The van der Waals surface area contributed by atoms with Crippen LogP contribution in [0.15, 0.2) is 0 Å². The van der Waals surface area contributed by atoms with Gasteiger partial charge < -0.3 is 10.5 Å². The molecule has 84 valence electrons. The molecule has 0 radical (unpaired) electrons. The number of hydrogen-bond donors (Lipinski definition) is 1. The number of nitrogen functional groups attached to an aromatic ring is 1. The van der Waals surface area contributed by atoms with Crippen LogP contribution in [-0.4, -0.2) is 13.1 Å². The number of hydrogen-bond acceptors (Lipinski definition) is 3. The summed E-state index contributed by atoms with van der Waals surface area (Å²) in [7, 11) is 1.34. The van der Waals surface area contributed by atoms with E-state index in [9.17, 15) is 4.79 Å². The topological polar surface area (TPSA) is 52.3 Å². The molecule has 3 heteroatoms. The Morgan fingerprint density at radius 1 is 1.25 bits per heavy atom. The van der Waals surface area contributed by atoms with E-state index in [1.807, 2.05) is 6.92 Å². The van der Waals surface area contributed by atoms with Gasteiger partial charge in [0.2, 0.25) is 0 Å². The first-order valence-electron chi connectivity index (χ1n) is 4.89. The number of benzene rings is 1. The van der Waals surface area contributed by atoms with Gasteiger partial charge in [0.05, 0.1) is 12.7 Å². The highest BCUT2D eigenvalue weighted by atomic mass is 16.5. The standard InChI is InChI=1S/C13H15NO2/c1-6-10-7(2)11(13(15)16-5)9(4)12(14)8(10)3/h1H,14H2,2-5H3. The van der Waals surface area contributed by atoms with Gasteiger partial charge in [-0.25, -0.2) is 4.79 Å². The fourth-order valence-corrected chi connectivity index (χ4v) is 1.86. The summed E-state index contributed by atoms with van der Waals surface area (Å²) in [4.78, 5) is 11.6. The molecule has 0 fully saturated rings. The average molecular weight is 217 g/mol. The van der Waals surface area contributed by atoms with Crippen molar-refractivity contribution in [1.82, 2.24) is 0 Å². The first-order valence-corrected chi connectivity index (χ1v) is 4.89. The molecule has 0 unspecified atom stereocenters. The van der Waals surface area contributed by atoms with Gasteiger partial charge in [-0.15, -0.1) is 6.42 Å². The number of ether oxygens (including phenoxy) is 1. The average Bonchev–Trinajstić information content (AvgIpc) is 2.27. The number of methoxy groups -OCH3 is 1. The Labute approximate surface area is 95.6 Å². The summed E-state index contributed by atoms with van der Waals surface area (Å²) in [5.74, 6) is 2.16. The van der Waals surface area contributed by atoms with Gasteiger partial charge in [-0.1, -0.05) is 5.92 Å². The van der Waals surface area contributed by atoms with E-state index in [2.05, 4.69) is 5.92 Å². The second-order valence-electron chi connectivity index (χ2n) is 3.67. The van der Waals surface area contributed by atoms with Gasteiger partial charge in [0.25, 0.3) is 0 Å². The van der Waals surface area contributed by atoms with E-state index in [0.29, 0.717) is 16.8 Å². The monoisotopic (exact) mass is 217 g/mol. The summed E-state index contributed by atoms with van der Waals surface area (Å²) in [6.07, 6.45) is 5.42. The van der Waals surface area contributed by atoms with Crippen LogP contribution in [-0.2, 0) is 4.74 Å². The third-order valence-corrected chi connectivity index (χ3v) is 2.84. The van der Waals surface area contributed by atoms with Crippen LogP contribution in [0.4, 0.5) is 5.69 Å². The Morgan fingerprint density at radius 2 is 1.81 bits per heavy atom. The normalized spacial score (nSPS) is 9.69. The van der Waals surface area contributed by atoms with Gasteiger partial charge in [0, 0.05) is 11.3 Å². The van der Waals surface area contributed by atoms with Crippen LogP contribution in [0, 0.1) is 33.1 Å². The molecule has 0 atom stereocenters. The molecule has 3 nitrogen and oxygen atoms in total. The third-order valence-electron chi connectivity index (χ3n) is 2.84. The molecule has 0 spiro atoms. The Hall–Kier alpha value is -1.95. The summed E-state index contributed by atoms with van der Waals surface area (Å²) in [5.41, 5.74) is 9.92. The van der Waals surface area contributed by atoms with E-state index in [4.69, 9.17) is 16.9 Å². The highest BCUT2D eigenvalue weighted by Crippen LogP contribution is 2.28. The van der Waals surface area contributed by atoms with Crippen LogP contribution in [0.1, 0.15) is 32.6 Å². The van der Waals surface area contributed by atoms with E-state index in [-0.39, 0.29) is 0 Å². The van der Waals surface area contributed by atoms with E-state index in [1.54, 1.807) is 13.8 Å². The maximum Gasteiger partial charge on any atom is 0.338 e. The van der Waals surface area contributed by atoms with Gasteiger partial charge in [-0.2, -0.15) is 0 Å². The molecule has 1 aromatic rings. The second kappa shape index (κ2) is 4.28. The zero-order valence-corrected chi connectivity index (χ0v) is 9.97. The van der Waals surface area contributed by atoms with Crippen molar-refractivity contribution in [3.8, 4) is 12.3 Å². The van der Waals surface area contributed by atoms with Crippen molar-refractivity contribution >= 4 is 11.7 Å². The van der Waals surface area contributed by atoms with Gasteiger partial charge in [0.15, 0.2) is 0 Å². The van der Waals surface area contributed by atoms with Crippen molar-refractivity contribution in [2.75, 3.05) is 12.8 Å². The lowest BCUT2D eigenvalue weighted by Crippen LogP contribution is -2.12. The minimum atomic E-state index is -0.404.